The minimum absolute atomic E-state index is 0.179. The van der Waals surface area contributed by atoms with Crippen LogP contribution in [0.15, 0.2) is 36.4 Å². The summed E-state index contributed by atoms with van der Waals surface area (Å²) < 4.78 is 0. The Labute approximate surface area is 230 Å². The SMILES string of the molecule is CC12CC3(C)CC(c4ccc(O)c(C5CCCCC5)c4)(C1)CC(c1ccc(O)c(C4CCCCC4)c1)(C2)C3. The molecule has 204 valence electrons. The van der Waals surface area contributed by atoms with Crippen LogP contribution in [-0.2, 0) is 10.8 Å². The van der Waals surface area contributed by atoms with E-state index >= 15 is 0 Å². The van der Waals surface area contributed by atoms with Gasteiger partial charge in [-0.3, -0.25) is 0 Å². The molecular weight excluding hydrogens is 464 g/mol. The zero-order valence-electron chi connectivity index (χ0n) is 23.8. The first-order valence-corrected chi connectivity index (χ1v) is 15.9. The van der Waals surface area contributed by atoms with Crippen LogP contribution in [0.2, 0.25) is 0 Å². The average molecular weight is 513 g/mol. The quantitative estimate of drug-likeness (QED) is 0.428. The number of hydrogen-bond donors (Lipinski definition) is 2. The van der Waals surface area contributed by atoms with E-state index in [2.05, 4.69) is 38.1 Å². The average Bonchev–Trinajstić information content (AvgIpc) is 2.88. The van der Waals surface area contributed by atoms with Crippen LogP contribution in [0.3, 0.4) is 0 Å². The minimum atomic E-state index is 0.179. The van der Waals surface area contributed by atoms with Gasteiger partial charge in [0.15, 0.2) is 0 Å². The molecule has 6 fully saturated rings. The maximum atomic E-state index is 11.0. The first-order valence-electron chi connectivity index (χ1n) is 15.9. The second kappa shape index (κ2) is 8.77. The van der Waals surface area contributed by atoms with Crippen LogP contribution in [0.4, 0.5) is 0 Å². The molecule has 0 radical (unpaired) electrons. The molecule has 2 N–H and O–H groups in total. The Bertz CT molecular complexity index is 1110. The topological polar surface area (TPSA) is 40.5 Å². The van der Waals surface area contributed by atoms with Crippen molar-refractivity contribution >= 4 is 0 Å². The van der Waals surface area contributed by atoms with E-state index in [9.17, 15) is 10.2 Å². The maximum absolute atomic E-state index is 11.0. The Morgan fingerprint density at radius 2 is 0.921 bits per heavy atom. The molecule has 2 aromatic carbocycles. The van der Waals surface area contributed by atoms with E-state index in [1.54, 1.807) is 0 Å². The number of phenolic OH excluding ortho intramolecular Hbond substituents is 2. The van der Waals surface area contributed by atoms with E-state index in [0.29, 0.717) is 34.2 Å². The molecule has 6 saturated carbocycles. The van der Waals surface area contributed by atoms with Crippen molar-refractivity contribution < 1.29 is 10.2 Å². The molecule has 0 saturated heterocycles. The van der Waals surface area contributed by atoms with Gasteiger partial charge >= 0.3 is 0 Å². The standard InChI is InChI=1S/C36H48O2/c1-33-19-34(2)22-35(20-33,27-13-15-31(37)29(17-27)25-9-5-3-6-10-25)24-36(21-33,23-34)28-14-16-32(38)30(18-28)26-11-7-4-8-12-26/h13-18,25-26,37-38H,3-12,19-24H2,1-2H3. The summed E-state index contributed by atoms with van der Waals surface area (Å²) in [5, 5.41) is 21.9. The van der Waals surface area contributed by atoms with E-state index in [4.69, 9.17) is 0 Å². The molecule has 38 heavy (non-hydrogen) atoms. The van der Waals surface area contributed by atoms with Crippen LogP contribution in [0.25, 0.3) is 0 Å². The highest BCUT2D eigenvalue weighted by Crippen LogP contribution is 2.74. The highest BCUT2D eigenvalue weighted by atomic mass is 16.3. The van der Waals surface area contributed by atoms with Crippen molar-refractivity contribution in [2.24, 2.45) is 10.8 Å². The predicted octanol–water partition coefficient (Wildman–Crippen LogP) is 9.76. The first kappa shape index (κ1) is 25.0. The zero-order valence-corrected chi connectivity index (χ0v) is 23.8. The third-order valence-corrected chi connectivity index (χ3v) is 12.0. The van der Waals surface area contributed by atoms with Gasteiger partial charge in [-0.1, -0.05) is 76.6 Å². The Morgan fingerprint density at radius 1 is 0.526 bits per heavy atom. The fraction of sp³-hybridized carbons (Fsp3) is 0.667. The van der Waals surface area contributed by atoms with E-state index in [1.807, 2.05) is 12.1 Å². The lowest BCUT2D eigenvalue weighted by atomic mass is 9.34. The molecule has 0 amide bonds. The van der Waals surface area contributed by atoms with Crippen molar-refractivity contribution in [1.82, 2.24) is 0 Å². The summed E-state index contributed by atoms with van der Waals surface area (Å²) >= 11 is 0. The van der Waals surface area contributed by atoms with Crippen molar-refractivity contribution in [3.63, 3.8) is 0 Å². The Morgan fingerprint density at radius 3 is 1.32 bits per heavy atom. The lowest BCUT2D eigenvalue weighted by Gasteiger charge is -2.70. The number of benzene rings is 2. The maximum Gasteiger partial charge on any atom is 0.119 e. The summed E-state index contributed by atoms with van der Waals surface area (Å²) in [6, 6.07) is 13.6. The molecule has 0 aliphatic heterocycles. The first-order chi connectivity index (χ1) is 18.2. The summed E-state index contributed by atoms with van der Waals surface area (Å²) in [5.41, 5.74) is 6.50. The Kier molecular flexibility index (Phi) is 5.78. The van der Waals surface area contributed by atoms with Gasteiger partial charge in [-0.05, 0) is 132 Å². The highest BCUT2D eigenvalue weighted by molar-refractivity contribution is 5.48. The van der Waals surface area contributed by atoms with Crippen molar-refractivity contribution in [2.75, 3.05) is 0 Å². The summed E-state index contributed by atoms with van der Waals surface area (Å²) in [4.78, 5) is 0. The third-order valence-electron chi connectivity index (χ3n) is 12.0. The van der Waals surface area contributed by atoms with E-state index < -0.39 is 0 Å². The fourth-order valence-electron chi connectivity index (χ4n) is 11.6. The number of aromatic hydroxyl groups is 2. The van der Waals surface area contributed by atoms with Gasteiger partial charge in [-0.15, -0.1) is 0 Å². The van der Waals surface area contributed by atoms with E-state index in [1.165, 1.54) is 125 Å². The zero-order chi connectivity index (χ0) is 26.2. The van der Waals surface area contributed by atoms with Crippen molar-refractivity contribution in [3.8, 4) is 11.5 Å². The van der Waals surface area contributed by atoms with Gasteiger partial charge in [0, 0.05) is 0 Å². The van der Waals surface area contributed by atoms with Crippen LogP contribution in [0, 0.1) is 10.8 Å². The normalized spacial score (nSPS) is 37.5. The predicted molar refractivity (Wildman–Crippen MR) is 155 cm³/mol. The molecule has 4 bridgehead atoms. The molecule has 0 aromatic heterocycles. The second-order valence-electron chi connectivity index (χ2n) is 15.5. The third kappa shape index (κ3) is 4.03. The van der Waals surface area contributed by atoms with E-state index in [0.717, 1.165) is 0 Å². The van der Waals surface area contributed by atoms with Gasteiger partial charge in [-0.25, -0.2) is 0 Å². The molecule has 2 heteroatoms. The van der Waals surface area contributed by atoms with Gasteiger partial charge in [0.05, 0.1) is 0 Å². The fourth-order valence-corrected chi connectivity index (χ4v) is 11.6. The van der Waals surface area contributed by atoms with Gasteiger partial charge in [0.2, 0.25) is 0 Å². The van der Waals surface area contributed by atoms with Crippen molar-refractivity contribution in [2.45, 2.75) is 139 Å². The van der Waals surface area contributed by atoms with Crippen LogP contribution >= 0.6 is 0 Å². The highest BCUT2D eigenvalue weighted by Gasteiger charge is 2.66. The largest absolute Gasteiger partial charge is 0.508 e. The van der Waals surface area contributed by atoms with Gasteiger partial charge in [-0.2, -0.15) is 0 Å². The van der Waals surface area contributed by atoms with Crippen LogP contribution in [-0.4, -0.2) is 10.2 Å². The van der Waals surface area contributed by atoms with Gasteiger partial charge in [0.1, 0.15) is 11.5 Å². The van der Waals surface area contributed by atoms with Crippen molar-refractivity contribution in [3.05, 3.63) is 58.7 Å². The summed E-state index contributed by atoms with van der Waals surface area (Å²) in [7, 11) is 0. The molecule has 2 aromatic rings. The number of hydrogen-bond acceptors (Lipinski definition) is 2. The summed E-state index contributed by atoms with van der Waals surface area (Å²) in [6.07, 6.45) is 20.4. The van der Waals surface area contributed by atoms with Crippen LogP contribution in [0.1, 0.15) is 151 Å². The summed E-state index contributed by atoms with van der Waals surface area (Å²) in [5.74, 6) is 2.09. The van der Waals surface area contributed by atoms with Gasteiger partial charge in [0.25, 0.3) is 0 Å². The molecule has 0 spiro atoms. The molecule has 2 nitrogen and oxygen atoms in total. The van der Waals surface area contributed by atoms with Gasteiger partial charge < -0.3 is 10.2 Å². The molecular formula is C36H48O2. The molecule has 0 unspecified atom stereocenters. The Hall–Kier alpha value is -1.96. The molecule has 6 aliphatic carbocycles. The minimum Gasteiger partial charge on any atom is -0.508 e. The summed E-state index contributed by atoms with van der Waals surface area (Å²) in [6.45, 7) is 5.16. The molecule has 0 heterocycles. The smallest absolute Gasteiger partial charge is 0.119 e. The number of phenols is 2. The molecule has 6 aliphatic rings. The number of rotatable bonds is 4. The van der Waals surface area contributed by atoms with Crippen molar-refractivity contribution in [1.29, 1.82) is 0 Å². The molecule has 8 rings (SSSR count). The Balaban J connectivity index is 1.31. The second-order valence-corrected chi connectivity index (χ2v) is 15.5. The van der Waals surface area contributed by atoms with Crippen LogP contribution < -0.4 is 0 Å². The monoisotopic (exact) mass is 512 g/mol. The lowest BCUT2D eigenvalue weighted by molar-refractivity contribution is -0.126. The van der Waals surface area contributed by atoms with E-state index in [-0.39, 0.29) is 10.8 Å². The van der Waals surface area contributed by atoms with Crippen LogP contribution in [0.5, 0.6) is 11.5 Å². The molecule has 0 atom stereocenters. The lowest BCUT2D eigenvalue weighted by Crippen LogP contribution is -2.62.